The van der Waals surface area contributed by atoms with Crippen LogP contribution in [0.3, 0.4) is 0 Å². The summed E-state index contributed by atoms with van der Waals surface area (Å²) in [7, 11) is 0. The monoisotopic (exact) mass is 201 g/mol. The van der Waals surface area contributed by atoms with Gasteiger partial charge in [-0.3, -0.25) is 4.98 Å². The third kappa shape index (κ3) is 2.04. The van der Waals surface area contributed by atoms with Crippen molar-refractivity contribution in [2.24, 2.45) is 0 Å². The molecule has 4 nitrogen and oxygen atoms in total. The smallest absolute Gasteiger partial charge is 0.242 e. The van der Waals surface area contributed by atoms with Crippen LogP contribution < -0.4 is 10.5 Å². The van der Waals surface area contributed by atoms with E-state index in [4.69, 9.17) is 10.5 Å². The second-order valence-corrected chi connectivity index (χ2v) is 3.14. The molecule has 2 N–H and O–H groups in total. The summed E-state index contributed by atoms with van der Waals surface area (Å²) in [6.45, 7) is 1.91. The Morgan fingerprint density at radius 1 is 1.27 bits per heavy atom. The van der Waals surface area contributed by atoms with Gasteiger partial charge in [-0.2, -0.15) is 0 Å². The van der Waals surface area contributed by atoms with Crippen molar-refractivity contribution in [1.29, 1.82) is 0 Å². The second kappa shape index (κ2) is 3.96. The van der Waals surface area contributed by atoms with Crippen LogP contribution in [0.5, 0.6) is 11.6 Å². The lowest BCUT2D eigenvalue weighted by Gasteiger charge is -2.07. The van der Waals surface area contributed by atoms with Crippen LogP contribution >= 0.6 is 0 Å². The van der Waals surface area contributed by atoms with E-state index in [9.17, 15) is 0 Å². The molecule has 0 bridgehead atoms. The van der Waals surface area contributed by atoms with Crippen molar-refractivity contribution in [3.8, 4) is 11.6 Å². The highest BCUT2D eigenvalue weighted by molar-refractivity contribution is 5.54. The molecule has 2 heterocycles. The fraction of sp³-hybridized carbons (Fsp3) is 0.0909. The zero-order chi connectivity index (χ0) is 10.7. The van der Waals surface area contributed by atoms with Gasteiger partial charge in [-0.1, -0.05) is 0 Å². The number of nitrogen functional groups attached to an aromatic ring is 1. The molecule has 0 saturated heterocycles. The van der Waals surface area contributed by atoms with Gasteiger partial charge in [0.05, 0.1) is 11.9 Å². The van der Waals surface area contributed by atoms with E-state index >= 15 is 0 Å². The van der Waals surface area contributed by atoms with Gasteiger partial charge in [0, 0.05) is 12.4 Å². The van der Waals surface area contributed by atoms with E-state index in [2.05, 4.69) is 9.97 Å². The first-order chi connectivity index (χ1) is 7.27. The van der Waals surface area contributed by atoms with E-state index in [1.165, 1.54) is 0 Å². The summed E-state index contributed by atoms with van der Waals surface area (Å²) in [5.74, 6) is 1.05. The summed E-state index contributed by atoms with van der Waals surface area (Å²) in [4.78, 5) is 8.00. The third-order valence-corrected chi connectivity index (χ3v) is 2.02. The van der Waals surface area contributed by atoms with E-state index in [1.807, 2.05) is 13.0 Å². The highest BCUT2D eigenvalue weighted by Crippen LogP contribution is 2.26. The van der Waals surface area contributed by atoms with E-state index in [1.54, 1.807) is 30.7 Å². The number of hydrogen-bond acceptors (Lipinski definition) is 4. The van der Waals surface area contributed by atoms with Gasteiger partial charge in [-0.05, 0) is 30.7 Å². The first-order valence-corrected chi connectivity index (χ1v) is 4.56. The lowest BCUT2D eigenvalue weighted by atomic mass is 10.2. The summed E-state index contributed by atoms with van der Waals surface area (Å²) >= 11 is 0. The normalized spacial score (nSPS) is 9.93. The third-order valence-electron chi connectivity index (χ3n) is 2.02. The van der Waals surface area contributed by atoms with Crippen molar-refractivity contribution in [2.75, 3.05) is 5.73 Å². The zero-order valence-corrected chi connectivity index (χ0v) is 8.34. The van der Waals surface area contributed by atoms with Gasteiger partial charge in [0.25, 0.3) is 0 Å². The van der Waals surface area contributed by atoms with Gasteiger partial charge in [-0.15, -0.1) is 0 Å². The Morgan fingerprint density at radius 2 is 2.13 bits per heavy atom. The highest BCUT2D eigenvalue weighted by atomic mass is 16.5. The molecular formula is C11H11N3O. The summed E-state index contributed by atoms with van der Waals surface area (Å²) in [6.07, 6.45) is 4.96. The van der Waals surface area contributed by atoms with E-state index in [0.29, 0.717) is 17.3 Å². The van der Waals surface area contributed by atoms with Gasteiger partial charge in [0.15, 0.2) is 0 Å². The van der Waals surface area contributed by atoms with Gasteiger partial charge < -0.3 is 10.5 Å². The quantitative estimate of drug-likeness (QED) is 0.808. The Labute approximate surface area is 87.7 Å². The van der Waals surface area contributed by atoms with Crippen LogP contribution in [-0.4, -0.2) is 9.97 Å². The van der Waals surface area contributed by atoms with Gasteiger partial charge in [0.2, 0.25) is 5.88 Å². The molecule has 0 spiro atoms. The first-order valence-electron chi connectivity index (χ1n) is 4.56. The molecule has 0 saturated carbocycles. The summed E-state index contributed by atoms with van der Waals surface area (Å²) in [5, 5.41) is 0. The van der Waals surface area contributed by atoms with Crippen molar-refractivity contribution >= 4 is 5.69 Å². The number of aromatic nitrogens is 2. The standard InChI is InChI=1S/C11H11N3O/c1-8-4-6-14-11(10(8)12)15-9-3-2-5-13-7-9/h2-7H,12H2,1H3. The molecule has 0 atom stereocenters. The maximum Gasteiger partial charge on any atom is 0.242 e. The van der Waals surface area contributed by atoms with Gasteiger partial charge >= 0.3 is 0 Å². The largest absolute Gasteiger partial charge is 0.435 e. The van der Waals surface area contributed by atoms with Crippen LogP contribution in [0.1, 0.15) is 5.56 Å². The van der Waals surface area contributed by atoms with E-state index in [0.717, 1.165) is 5.56 Å². The molecule has 2 aromatic rings. The van der Waals surface area contributed by atoms with Crippen molar-refractivity contribution in [2.45, 2.75) is 6.92 Å². The minimum Gasteiger partial charge on any atom is -0.435 e. The number of rotatable bonds is 2. The maximum atomic E-state index is 5.82. The average molecular weight is 201 g/mol. The molecular weight excluding hydrogens is 190 g/mol. The zero-order valence-electron chi connectivity index (χ0n) is 8.34. The minimum atomic E-state index is 0.419. The van der Waals surface area contributed by atoms with Crippen molar-refractivity contribution in [3.05, 3.63) is 42.4 Å². The minimum absolute atomic E-state index is 0.419. The number of ether oxygens (including phenoxy) is 1. The number of anilines is 1. The topological polar surface area (TPSA) is 61.0 Å². The van der Waals surface area contributed by atoms with Crippen LogP contribution in [0, 0.1) is 6.92 Å². The van der Waals surface area contributed by atoms with Crippen LogP contribution in [-0.2, 0) is 0 Å². The lowest BCUT2D eigenvalue weighted by Crippen LogP contribution is -1.97. The number of nitrogens with zero attached hydrogens (tertiary/aromatic N) is 2. The number of aryl methyl sites for hydroxylation is 1. The van der Waals surface area contributed by atoms with Crippen molar-refractivity contribution < 1.29 is 4.74 Å². The fourth-order valence-electron chi connectivity index (χ4n) is 1.15. The fourth-order valence-corrected chi connectivity index (χ4v) is 1.15. The highest BCUT2D eigenvalue weighted by Gasteiger charge is 2.05. The summed E-state index contributed by atoms with van der Waals surface area (Å²) < 4.78 is 5.49. The number of nitrogens with two attached hydrogens (primary N) is 1. The molecule has 0 unspecified atom stereocenters. The Kier molecular flexibility index (Phi) is 2.49. The van der Waals surface area contributed by atoms with E-state index in [-0.39, 0.29) is 0 Å². The maximum absolute atomic E-state index is 5.82. The van der Waals surface area contributed by atoms with Gasteiger partial charge in [0.1, 0.15) is 5.75 Å². The Morgan fingerprint density at radius 3 is 2.87 bits per heavy atom. The van der Waals surface area contributed by atoms with E-state index < -0.39 is 0 Å². The van der Waals surface area contributed by atoms with Crippen LogP contribution in [0.15, 0.2) is 36.8 Å². The predicted molar refractivity (Wildman–Crippen MR) is 57.7 cm³/mol. The average Bonchev–Trinajstić information content (AvgIpc) is 2.26. The molecule has 15 heavy (non-hydrogen) atoms. The molecule has 0 aliphatic carbocycles. The van der Waals surface area contributed by atoms with Crippen LogP contribution in [0.2, 0.25) is 0 Å². The molecule has 0 aromatic carbocycles. The van der Waals surface area contributed by atoms with Crippen molar-refractivity contribution in [1.82, 2.24) is 9.97 Å². The molecule has 2 rings (SSSR count). The number of pyridine rings is 2. The molecule has 0 amide bonds. The molecule has 76 valence electrons. The Hall–Kier alpha value is -2.10. The van der Waals surface area contributed by atoms with Crippen LogP contribution in [0.25, 0.3) is 0 Å². The molecule has 0 aliphatic heterocycles. The predicted octanol–water partition coefficient (Wildman–Crippen LogP) is 2.16. The van der Waals surface area contributed by atoms with Crippen molar-refractivity contribution in [3.63, 3.8) is 0 Å². The molecule has 4 heteroatoms. The molecule has 2 aromatic heterocycles. The second-order valence-electron chi connectivity index (χ2n) is 3.14. The van der Waals surface area contributed by atoms with Crippen LogP contribution in [0.4, 0.5) is 5.69 Å². The molecule has 0 radical (unpaired) electrons. The van der Waals surface area contributed by atoms with Gasteiger partial charge in [-0.25, -0.2) is 4.98 Å². The number of hydrogen-bond donors (Lipinski definition) is 1. The summed E-state index contributed by atoms with van der Waals surface area (Å²) in [5.41, 5.74) is 7.33. The Balaban J connectivity index is 2.29. The first kappa shape index (κ1) is 9.45. The SMILES string of the molecule is Cc1ccnc(Oc2cccnc2)c1N. The summed E-state index contributed by atoms with van der Waals surface area (Å²) in [6, 6.07) is 5.43. The Bertz CT molecular complexity index is 457. The molecule has 0 fully saturated rings. The lowest BCUT2D eigenvalue weighted by molar-refractivity contribution is 0.463. The molecule has 0 aliphatic rings.